The predicted molar refractivity (Wildman–Crippen MR) is 113 cm³/mol. The third kappa shape index (κ3) is 7.40. The Bertz CT molecular complexity index is 752. The van der Waals surface area contributed by atoms with E-state index in [2.05, 4.69) is 6.58 Å². The van der Waals surface area contributed by atoms with Gasteiger partial charge >= 0.3 is 18.0 Å². The number of ether oxygens (including phenoxy) is 4. The summed E-state index contributed by atoms with van der Waals surface area (Å²) in [6, 6.07) is 9.38. The second-order valence-electron chi connectivity index (χ2n) is 7.37. The highest BCUT2D eigenvalue weighted by molar-refractivity contribution is 5.68. The molecule has 0 saturated carbocycles. The van der Waals surface area contributed by atoms with E-state index in [0.717, 1.165) is 5.56 Å². The lowest BCUT2D eigenvalue weighted by Crippen LogP contribution is -2.45. The van der Waals surface area contributed by atoms with Crippen LogP contribution in [0.4, 0.5) is 4.79 Å². The molecular weight excluding hydrogens is 402 g/mol. The Hall–Kier alpha value is -2.87. The molecule has 1 aromatic rings. The molecule has 2 rings (SSSR count). The number of rotatable bonds is 10. The Kier molecular flexibility index (Phi) is 9.52. The molecule has 8 heteroatoms. The van der Waals surface area contributed by atoms with Gasteiger partial charge in [-0.1, -0.05) is 43.3 Å². The van der Waals surface area contributed by atoms with Crippen molar-refractivity contribution in [2.75, 3.05) is 13.1 Å². The maximum atomic E-state index is 12.7. The summed E-state index contributed by atoms with van der Waals surface area (Å²) in [5.74, 6) is -1.03. The molecule has 31 heavy (non-hydrogen) atoms. The number of esters is 2. The molecule has 1 amide bonds. The van der Waals surface area contributed by atoms with Crippen LogP contribution in [0.15, 0.2) is 43.0 Å². The number of carbonyl (C=O) groups is 3. The molecule has 0 spiro atoms. The summed E-state index contributed by atoms with van der Waals surface area (Å²) in [5, 5.41) is 0. The lowest BCUT2D eigenvalue weighted by molar-refractivity contribution is -0.164. The van der Waals surface area contributed by atoms with Crippen molar-refractivity contribution in [2.24, 2.45) is 0 Å². The Morgan fingerprint density at radius 1 is 1.06 bits per heavy atom. The molecule has 8 nitrogen and oxygen atoms in total. The summed E-state index contributed by atoms with van der Waals surface area (Å²) in [7, 11) is 0. The largest absolute Gasteiger partial charge is 0.456 e. The first-order chi connectivity index (χ1) is 14.8. The fraction of sp³-hybridized carbons (Fsp3) is 0.522. The van der Waals surface area contributed by atoms with Crippen LogP contribution in [0.3, 0.4) is 0 Å². The van der Waals surface area contributed by atoms with Gasteiger partial charge in [0, 0.05) is 20.4 Å². The van der Waals surface area contributed by atoms with E-state index in [1.165, 1.54) is 18.7 Å². The highest BCUT2D eigenvalue weighted by Gasteiger charge is 2.49. The fourth-order valence-corrected chi connectivity index (χ4v) is 3.53. The second kappa shape index (κ2) is 12.1. The van der Waals surface area contributed by atoms with E-state index in [-0.39, 0.29) is 13.2 Å². The van der Waals surface area contributed by atoms with Crippen LogP contribution in [-0.2, 0) is 35.1 Å². The van der Waals surface area contributed by atoms with E-state index in [0.29, 0.717) is 19.4 Å². The van der Waals surface area contributed by atoms with Gasteiger partial charge in [0.15, 0.2) is 12.2 Å². The summed E-state index contributed by atoms with van der Waals surface area (Å²) >= 11 is 0. The van der Waals surface area contributed by atoms with Crippen molar-refractivity contribution < 1.29 is 33.3 Å². The van der Waals surface area contributed by atoms with E-state index in [4.69, 9.17) is 18.9 Å². The molecule has 0 aliphatic carbocycles. The standard InChI is InChI=1S/C23H31NO7/c1-5-10-19-21(29-16(3)25)22(30-17(4)26)20(31-19)14-24(13-6-2)23(27)28-15-18-11-8-7-9-12-18/h5,7-9,11-12,19-22H,1,6,10,13-15H2,2-4H3/t19-,20-,21+,22-/m1/s1. The minimum atomic E-state index is -0.840. The van der Waals surface area contributed by atoms with Crippen LogP contribution >= 0.6 is 0 Å². The highest BCUT2D eigenvalue weighted by Crippen LogP contribution is 2.30. The third-order valence-corrected chi connectivity index (χ3v) is 4.77. The van der Waals surface area contributed by atoms with Crippen LogP contribution in [0, 0.1) is 0 Å². The zero-order valence-corrected chi connectivity index (χ0v) is 18.3. The maximum Gasteiger partial charge on any atom is 0.410 e. The molecule has 0 unspecified atom stereocenters. The molecule has 0 aromatic heterocycles. The van der Waals surface area contributed by atoms with Crippen LogP contribution in [0.5, 0.6) is 0 Å². The van der Waals surface area contributed by atoms with Gasteiger partial charge in [-0.25, -0.2) is 4.79 Å². The predicted octanol–water partition coefficient (Wildman–Crippen LogP) is 3.24. The van der Waals surface area contributed by atoms with Crippen LogP contribution in [0.25, 0.3) is 0 Å². The lowest BCUT2D eigenvalue weighted by atomic mass is 10.0. The Balaban J connectivity index is 2.13. The monoisotopic (exact) mass is 433 g/mol. The molecule has 4 atom stereocenters. The summed E-state index contributed by atoms with van der Waals surface area (Å²) in [6.07, 6.45) is -0.568. The van der Waals surface area contributed by atoms with Crippen molar-refractivity contribution in [1.29, 1.82) is 0 Å². The Morgan fingerprint density at radius 2 is 1.68 bits per heavy atom. The number of nitrogens with zero attached hydrogens (tertiary/aromatic N) is 1. The third-order valence-electron chi connectivity index (χ3n) is 4.77. The average molecular weight is 434 g/mol. The fourth-order valence-electron chi connectivity index (χ4n) is 3.53. The van der Waals surface area contributed by atoms with Gasteiger partial charge in [-0.2, -0.15) is 0 Å². The molecule has 1 aliphatic heterocycles. The maximum absolute atomic E-state index is 12.7. The van der Waals surface area contributed by atoms with Gasteiger partial charge < -0.3 is 23.8 Å². The van der Waals surface area contributed by atoms with Crippen LogP contribution in [0.1, 0.15) is 39.2 Å². The molecule has 170 valence electrons. The molecule has 1 saturated heterocycles. The highest BCUT2D eigenvalue weighted by atomic mass is 16.6. The molecule has 0 radical (unpaired) electrons. The summed E-state index contributed by atoms with van der Waals surface area (Å²) < 4.78 is 22.4. The number of benzene rings is 1. The molecule has 1 aromatic carbocycles. The molecule has 0 N–H and O–H groups in total. The SMILES string of the molecule is C=CC[C@H]1O[C@H](CN(CCC)C(=O)OCc2ccccc2)[C@@H](OC(C)=O)[C@H]1OC(C)=O. The summed E-state index contributed by atoms with van der Waals surface area (Å²) in [4.78, 5) is 37.6. The number of hydrogen-bond donors (Lipinski definition) is 0. The second-order valence-corrected chi connectivity index (χ2v) is 7.37. The first-order valence-electron chi connectivity index (χ1n) is 10.4. The van der Waals surface area contributed by atoms with Crippen molar-refractivity contribution in [3.8, 4) is 0 Å². The molecular formula is C23H31NO7. The minimum absolute atomic E-state index is 0.130. The van der Waals surface area contributed by atoms with E-state index in [9.17, 15) is 14.4 Å². The van der Waals surface area contributed by atoms with Crippen molar-refractivity contribution in [2.45, 2.75) is 64.6 Å². The van der Waals surface area contributed by atoms with Gasteiger partial charge in [0.25, 0.3) is 0 Å². The van der Waals surface area contributed by atoms with Crippen LogP contribution < -0.4 is 0 Å². The van der Waals surface area contributed by atoms with Gasteiger partial charge in [0.1, 0.15) is 18.8 Å². The van der Waals surface area contributed by atoms with Crippen LogP contribution in [-0.4, -0.2) is 60.4 Å². The van der Waals surface area contributed by atoms with E-state index < -0.39 is 42.4 Å². The zero-order chi connectivity index (χ0) is 22.8. The van der Waals surface area contributed by atoms with Gasteiger partial charge in [-0.15, -0.1) is 6.58 Å². The van der Waals surface area contributed by atoms with E-state index >= 15 is 0 Å². The number of carbonyl (C=O) groups excluding carboxylic acids is 3. The minimum Gasteiger partial charge on any atom is -0.456 e. The molecule has 1 aliphatic rings. The van der Waals surface area contributed by atoms with Gasteiger partial charge in [0.2, 0.25) is 0 Å². The van der Waals surface area contributed by atoms with Gasteiger partial charge in [0.05, 0.1) is 6.54 Å². The molecule has 1 heterocycles. The topological polar surface area (TPSA) is 91.4 Å². The van der Waals surface area contributed by atoms with Crippen molar-refractivity contribution in [3.05, 3.63) is 48.6 Å². The van der Waals surface area contributed by atoms with Crippen molar-refractivity contribution in [3.63, 3.8) is 0 Å². The summed E-state index contributed by atoms with van der Waals surface area (Å²) in [5.41, 5.74) is 0.878. The lowest BCUT2D eigenvalue weighted by Gasteiger charge is -2.28. The number of hydrogen-bond acceptors (Lipinski definition) is 7. The first-order valence-corrected chi connectivity index (χ1v) is 10.4. The van der Waals surface area contributed by atoms with Crippen molar-refractivity contribution >= 4 is 18.0 Å². The first kappa shape index (κ1) is 24.4. The zero-order valence-electron chi connectivity index (χ0n) is 18.3. The average Bonchev–Trinajstić information content (AvgIpc) is 3.02. The smallest absolute Gasteiger partial charge is 0.410 e. The van der Waals surface area contributed by atoms with Crippen molar-refractivity contribution in [1.82, 2.24) is 4.90 Å². The van der Waals surface area contributed by atoms with Crippen LogP contribution in [0.2, 0.25) is 0 Å². The van der Waals surface area contributed by atoms with Gasteiger partial charge in [-0.3, -0.25) is 9.59 Å². The van der Waals surface area contributed by atoms with E-state index in [1.54, 1.807) is 6.08 Å². The normalized spacial score (nSPS) is 22.4. The summed E-state index contributed by atoms with van der Waals surface area (Å²) in [6.45, 7) is 8.93. The quantitative estimate of drug-likeness (QED) is 0.318. The number of amides is 1. The van der Waals surface area contributed by atoms with E-state index in [1.807, 2.05) is 37.3 Å². The molecule has 1 fully saturated rings. The Labute approximate surface area is 183 Å². The Morgan fingerprint density at radius 3 is 2.23 bits per heavy atom. The van der Waals surface area contributed by atoms with Gasteiger partial charge in [-0.05, 0) is 18.4 Å². The molecule has 0 bridgehead atoms.